The number of nitrogens with zero attached hydrogens (tertiary/aromatic N) is 5. The van der Waals surface area contributed by atoms with Gasteiger partial charge < -0.3 is 10.6 Å². The number of aromatic nitrogens is 3. The van der Waals surface area contributed by atoms with E-state index >= 15 is 0 Å². The molecule has 0 bridgehead atoms. The molecule has 1 saturated heterocycles. The van der Waals surface area contributed by atoms with E-state index in [0.717, 1.165) is 24.0 Å². The lowest BCUT2D eigenvalue weighted by Crippen LogP contribution is -2.47. The molecular formula is C26H27F2N7O. The third kappa shape index (κ3) is 5.21. The van der Waals surface area contributed by atoms with Crippen LogP contribution in [0.25, 0.3) is 16.8 Å². The van der Waals surface area contributed by atoms with Crippen LogP contribution in [-0.2, 0) is 0 Å². The summed E-state index contributed by atoms with van der Waals surface area (Å²) in [6, 6.07) is 6.59. The first-order valence-electron chi connectivity index (χ1n) is 12.0. The Bertz CT molecular complexity index is 1310. The van der Waals surface area contributed by atoms with Crippen LogP contribution in [0.15, 0.2) is 43.0 Å². The van der Waals surface area contributed by atoms with Crippen LogP contribution in [0.4, 0.5) is 14.5 Å². The van der Waals surface area contributed by atoms with Gasteiger partial charge in [0.25, 0.3) is 5.91 Å². The molecule has 1 aromatic carbocycles. The fourth-order valence-electron chi connectivity index (χ4n) is 4.44. The molecule has 36 heavy (non-hydrogen) atoms. The Morgan fingerprint density at radius 2 is 2.03 bits per heavy atom. The molecule has 186 valence electrons. The maximum atomic E-state index is 14.6. The van der Waals surface area contributed by atoms with E-state index < -0.39 is 17.9 Å². The number of hydrogen-bond acceptors (Lipinski definition) is 6. The highest BCUT2D eigenvalue weighted by Crippen LogP contribution is 2.27. The summed E-state index contributed by atoms with van der Waals surface area (Å²) in [5, 5.41) is 19.3. The van der Waals surface area contributed by atoms with Gasteiger partial charge in [0.1, 0.15) is 12.0 Å². The van der Waals surface area contributed by atoms with E-state index in [-0.39, 0.29) is 30.7 Å². The Balaban J connectivity index is 1.33. The summed E-state index contributed by atoms with van der Waals surface area (Å²) in [7, 11) is 0. The first-order valence-corrected chi connectivity index (χ1v) is 12.0. The van der Waals surface area contributed by atoms with Crippen LogP contribution in [0, 0.1) is 24.1 Å². The maximum Gasteiger partial charge on any atom is 0.254 e. The van der Waals surface area contributed by atoms with Gasteiger partial charge in [0.2, 0.25) is 0 Å². The molecule has 1 amide bonds. The molecule has 10 heteroatoms. The summed E-state index contributed by atoms with van der Waals surface area (Å²) >= 11 is 0. The molecule has 1 aliphatic heterocycles. The number of likely N-dealkylation sites (tertiary alicyclic amines) is 1. The Morgan fingerprint density at radius 3 is 2.78 bits per heavy atom. The first kappa shape index (κ1) is 23.9. The van der Waals surface area contributed by atoms with Gasteiger partial charge in [0.15, 0.2) is 0 Å². The van der Waals surface area contributed by atoms with Crippen LogP contribution in [0.1, 0.15) is 35.2 Å². The largest absolute Gasteiger partial charge is 0.378 e. The fraction of sp³-hybridized carbons (Fsp3) is 0.385. The smallest absolute Gasteiger partial charge is 0.254 e. The van der Waals surface area contributed by atoms with Crippen molar-refractivity contribution >= 4 is 11.6 Å². The zero-order chi connectivity index (χ0) is 25.2. The fourth-order valence-corrected chi connectivity index (χ4v) is 4.44. The average Bonchev–Trinajstić information content (AvgIpc) is 3.53. The number of pyridine rings is 1. The van der Waals surface area contributed by atoms with Gasteiger partial charge in [-0.15, -0.1) is 0 Å². The van der Waals surface area contributed by atoms with E-state index in [4.69, 9.17) is 5.26 Å². The van der Waals surface area contributed by atoms with Gasteiger partial charge >= 0.3 is 0 Å². The molecule has 1 aliphatic carbocycles. The molecule has 0 radical (unpaired) electrons. The summed E-state index contributed by atoms with van der Waals surface area (Å²) in [4.78, 5) is 18.6. The SMILES string of the molecule is Cc1cc(F)c(C(=O)NC2CC2)cc1-n1cc(-c2cncc(NC3CCN(CC#N)CC3F)c2)cn1. The van der Waals surface area contributed by atoms with Crippen molar-refractivity contribution in [3.8, 4) is 22.9 Å². The molecule has 0 spiro atoms. The predicted octanol–water partition coefficient (Wildman–Crippen LogP) is 3.62. The number of nitrogens with one attached hydrogen (secondary N) is 2. The van der Waals surface area contributed by atoms with Crippen LogP contribution < -0.4 is 10.6 Å². The number of hydrogen-bond donors (Lipinski definition) is 2. The van der Waals surface area contributed by atoms with Gasteiger partial charge in [0.05, 0.1) is 41.8 Å². The second-order valence-electron chi connectivity index (χ2n) is 9.45. The highest BCUT2D eigenvalue weighted by molar-refractivity contribution is 5.95. The number of carbonyl (C=O) groups is 1. The number of benzene rings is 1. The normalized spacial score (nSPS) is 20.1. The van der Waals surface area contributed by atoms with E-state index in [1.165, 1.54) is 12.1 Å². The average molecular weight is 492 g/mol. The van der Waals surface area contributed by atoms with E-state index in [2.05, 4.69) is 26.8 Å². The minimum Gasteiger partial charge on any atom is -0.378 e. The van der Waals surface area contributed by atoms with Gasteiger partial charge in [-0.3, -0.25) is 14.7 Å². The number of carbonyl (C=O) groups excluding carboxylic acids is 1. The van der Waals surface area contributed by atoms with Gasteiger partial charge in [-0.05, 0) is 49.9 Å². The monoisotopic (exact) mass is 491 g/mol. The molecule has 1 saturated carbocycles. The lowest BCUT2D eigenvalue weighted by molar-refractivity contribution is 0.0947. The summed E-state index contributed by atoms with van der Waals surface area (Å²) in [6.07, 6.45) is 8.15. The Morgan fingerprint density at radius 1 is 1.19 bits per heavy atom. The van der Waals surface area contributed by atoms with Crippen LogP contribution in [0.5, 0.6) is 0 Å². The van der Waals surface area contributed by atoms with Crippen molar-refractivity contribution in [3.05, 3.63) is 59.9 Å². The van der Waals surface area contributed by atoms with Gasteiger partial charge in [-0.25, -0.2) is 13.5 Å². The summed E-state index contributed by atoms with van der Waals surface area (Å²) < 4.78 is 30.8. The highest BCUT2D eigenvalue weighted by atomic mass is 19.1. The lowest BCUT2D eigenvalue weighted by atomic mass is 10.0. The molecule has 2 atom stereocenters. The molecule has 2 unspecified atom stereocenters. The summed E-state index contributed by atoms with van der Waals surface area (Å²) in [5.41, 5.74) is 3.51. The summed E-state index contributed by atoms with van der Waals surface area (Å²) in [5.74, 6) is -0.981. The van der Waals surface area contributed by atoms with Crippen molar-refractivity contribution in [3.63, 3.8) is 0 Å². The number of halogens is 2. The van der Waals surface area contributed by atoms with Crippen molar-refractivity contribution in [1.29, 1.82) is 5.26 Å². The molecule has 2 fully saturated rings. The molecular weight excluding hydrogens is 464 g/mol. The third-order valence-electron chi connectivity index (χ3n) is 6.62. The van der Waals surface area contributed by atoms with Crippen molar-refractivity contribution in [2.75, 3.05) is 25.0 Å². The van der Waals surface area contributed by atoms with E-state index in [1.54, 1.807) is 36.4 Å². The Hall–Kier alpha value is -3.84. The van der Waals surface area contributed by atoms with Crippen LogP contribution in [-0.4, -0.2) is 63.5 Å². The second kappa shape index (κ2) is 10.0. The van der Waals surface area contributed by atoms with Crippen LogP contribution >= 0.6 is 0 Å². The van der Waals surface area contributed by atoms with Crippen LogP contribution in [0.2, 0.25) is 0 Å². The lowest BCUT2D eigenvalue weighted by Gasteiger charge is -2.34. The zero-order valence-electron chi connectivity index (χ0n) is 19.9. The molecule has 2 N–H and O–H groups in total. The number of aryl methyl sites for hydroxylation is 1. The highest BCUT2D eigenvalue weighted by Gasteiger charge is 2.29. The van der Waals surface area contributed by atoms with Crippen molar-refractivity contribution < 1.29 is 13.6 Å². The van der Waals surface area contributed by atoms with Crippen molar-refractivity contribution in [1.82, 2.24) is 25.0 Å². The minimum absolute atomic E-state index is 0.00555. The molecule has 8 nitrogen and oxygen atoms in total. The Kier molecular flexibility index (Phi) is 6.65. The quantitative estimate of drug-likeness (QED) is 0.490. The van der Waals surface area contributed by atoms with Crippen molar-refractivity contribution in [2.24, 2.45) is 0 Å². The number of anilines is 1. The number of nitriles is 1. The van der Waals surface area contributed by atoms with Crippen molar-refractivity contribution in [2.45, 2.75) is 44.4 Å². The molecule has 5 rings (SSSR count). The third-order valence-corrected chi connectivity index (χ3v) is 6.62. The number of amides is 1. The topological polar surface area (TPSA) is 98.9 Å². The standard InChI is InChI=1S/C26H27F2N7O/c1-16-8-22(27)21(26(36)33-19-2-3-19)10-25(16)35-14-18(12-31-35)17-9-20(13-30-11-17)32-24-4-6-34(7-5-29)15-23(24)28/h8-14,19,23-24,32H,2-4,6-7,15H2,1H3,(H,33,36). The van der Waals surface area contributed by atoms with E-state index in [1.807, 2.05) is 11.0 Å². The second-order valence-corrected chi connectivity index (χ2v) is 9.45. The van der Waals surface area contributed by atoms with Gasteiger partial charge in [-0.2, -0.15) is 10.4 Å². The van der Waals surface area contributed by atoms with E-state index in [9.17, 15) is 13.6 Å². The van der Waals surface area contributed by atoms with Gasteiger partial charge in [0, 0.05) is 48.8 Å². The molecule has 3 heterocycles. The number of alkyl halides is 1. The minimum atomic E-state index is -1.09. The number of piperidine rings is 1. The van der Waals surface area contributed by atoms with Gasteiger partial charge in [-0.1, -0.05) is 0 Å². The zero-order valence-corrected chi connectivity index (χ0v) is 19.9. The van der Waals surface area contributed by atoms with Crippen LogP contribution in [0.3, 0.4) is 0 Å². The predicted molar refractivity (Wildman–Crippen MR) is 131 cm³/mol. The first-order chi connectivity index (χ1) is 17.4. The molecule has 3 aromatic rings. The molecule has 2 aromatic heterocycles. The maximum absolute atomic E-state index is 14.6. The summed E-state index contributed by atoms with van der Waals surface area (Å²) in [6.45, 7) is 2.88. The van der Waals surface area contributed by atoms with E-state index in [0.29, 0.717) is 29.9 Å². The number of rotatable bonds is 7. The Labute approximate surface area is 207 Å². The molecule has 2 aliphatic rings.